The lowest BCUT2D eigenvalue weighted by molar-refractivity contribution is -0.325. The second kappa shape index (κ2) is 12.8. The van der Waals surface area contributed by atoms with E-state index in [1.54, 1.807) is 0 Å². The summed E-state index contributed by atoms with van der Waals surface area (Å²) >= 11 is 0. The van der Waals surface area contributed by atoms with Crippen LogP contribution in [0.4, 0.5) is 0 Å². The molecule has 0 radical (unpaired) electrons. The highest BCUT2D eigenvalue weighted by molar-refractivity contribution is 5.80. The normalized spacial score (nSPS) is 35.9. The number of phenols is 4. The van der Waals surface area contributed by atoms with Crippen molar-refractivity contribution in [1.82, 2.24) is 0 Å². The molecular weight excluding hydrogens is 616 g/mol. The Hall–Kier alpha value is -3.71. The molecule has 2 fully saturated rings. The number of aliphatic hydroxyl groups is 6. The number of carbonyl (C=O) groups is 1. The first-order valence-electron chi connectivity index (χ1n) is 14.3. The highest BCUT2D eigenvalue weighted by Crippen LogP contribution is 2.50. The van der Waals surface area contributed by atoms with Gasteiger partial charge < -0.3 is 74.7 Å². The molecule has 0 bridgehead atoms. The second-order valence-electron chi connectivity index (χ2n) is 11.5. The van der Waals surface area contributed by atoms with Crippen LogP contribution < -0.4 is 4.74 Å². The van der Waals surface area contributed by atoms with Gasteiger partial charge in [-0.2, -0.15) is 0 Å². The molecule has 3 aliphatic rings. The van der Waals surface area contributed by atoms with E-state index in [0.29, 0.717) is 0 Å². The number of hydrogen-bond donors (Lipinski definition) is 10. The van der Waals surface area contributed by atoms with Gasteiger partial charge in [-0.25, -0.2) is 0 Å². The molecule has 0 aromatic heterocycles. The third-order valence-electron chi connectivity index (χ3n) is 8.15. The van der Waals surface area contributed by atoms with Crippen molar-refractivity contribution in [3.8, 4) is 28.7 Å². The van der Waals surface area contributed by atoms with Crippen LogP contribution in [-0.2, 0) is 29.3 Å². The van der Waals surface area contributed by atoms with Gasteiger partial charge >= 0.3 is 0 Å². The van der Waals surface area contributed by atoms with Crippen LogP contribution in [0.15, 0.2) is 36.1 Å². The molecule has 3 aliphatic heterocycles. The fourth-order valence-electron chi connectivity index (χ4n) is 5.61. The minimum Gasteiger partial charge on any atom is -0.508 e. The number of benzene rings is 2. The lowest BCUT2D eigenvalue weighted by Crippen LogP contribution is -2.61. The number of hydrogen-bond acceptors (Lipinski definition) is 16. The average molecular weight is 653 g/mol. The van der Waals surface area contributed by atoms with Crippen LogP contribution in [0.25, 0.3) is 6.08 Å². The van der Waals surface area contributed by atoms with Gasteiger partial charge in [-0.3, -0.25) is 4.79 Å². The number of ketones is 1. The number of fused-ring (bicyclic) bond motifs is 1. The first-order valence-corrected chi connectivity index (χ1v) is 14.3. The minimum atomic E-state index is -1.96. The van der Waals surface area contributed by atoms with Crippen molar-refractivity contribution in [2.45, 2.75) is 87.3 Å². The number of carbonyl (C=O) groups excluding carboxylic acids is 1. The van der Waals surface area contributed by atoms with E-state index in [9.17, 15) is 55.9 Å². The van der Waals surface area contributed by atoms with Crippen LogP contribution in [0, 0.1) is 0 Å². The zero-order chi connectivity index (χ0) is 33.7. The molecule has 2 aromatic carbocycles. The molecule has 0 spiro atoms. The first-order chi connectivity index (χ1) is 21.6. The standard InChI is InChI=1S/C30H36O16/c1-11(31)9-30(13-3-4-16(33)18(35)5-13)21(8-15-17(34)6-14(32)7-19(15)46-30)45-29-27(41)25(39)23(37)20(44-29)10-42-28-26(40)24(38)22(36)12(2)43-28/h3-8,12,20,22-29,32-41H,9-10H2,1-2H3/t12-,20+,22-,23+,24+,25-,26+,27+,28+,29-,30-/m1/s1. The molecule has 5 rings (SSSR count). The van der Waals surface area contributed by atoms with Crippen LogP contribution in [0.2, 0.25) is 0 Å². The molecule has 10 N–H and O–H groups in total. The summed E-state index contributed by atoms with van der Waals surface area (Å²) in [6.45, 7) is 2.09. The molecule has 46 heavy (non-hydrogen) atoms. The Bertz CT molecular complexity index is 1480. The van der Waals surface area contributed by atoms with Crippen molar-refractivity contribution in [1.29, 1.82) is 0 Å². The maximum atomic E-state index is 12.7. The highest BCUT2D eigenvalue weighted by Gasteiger charge is 2.51. The average Bonchev–Trinajstić information content (AvgIpc) is 2.99. The molecule has 0 amide bonds. The molecule has 0 saturated carbocycles. The fourth-order valence-corrected chi connectivity index (χ4v) is 5.61. The summed E-state index contributed by atoms with van der Waals surface area (Å²) in [5.41, 5.74) is -1.92. The summed E-state index contributed by atoms with van der Waals surface area (Å²) in [4.78, 5) is 12.7. The summed E-state index contributed by atoms with van der Waals surface area (Å²) in [6.07, 6.45) is -15.2. The number of aliphatic hydroxyl groups excluding tert-OH is 6. The van der Waals surface area contributed by atoms with E-state index in [0.717, 1.165) is 24.3 Å². The van der Waals surface area contributed by atoms with E-state index in [2.05, 4.69) is 0 Å². The summed E-state index contributed by atoms with van der Waals surface area (Å²) in [6, 6.07) is 5.71. The van der Waals surface area contributed by atoms with Gasteiger partial charge in [0.25, 0.3) is 0 Å². The molecule has 3 heterocycles. The van der Waals surface area contributed by atoms with Crippen molar-refractivity contribution < 1.29 is 79.5 Å². The quantitative estimate of drug-likeness (QED) is 0.150. The zero-order valence-electron chi connectivity index (χ0n) is 24.6. The lowest BCUT2D eigenvalue weighted by Gasteiger charge is -2.45. The van der Waals surface area contributed by atoms with E-state index < -0.39 is 103 Å². The van der Waals surface area contributed by atoms with Gasteiger partial charge in [0, 0.05) is 17.7 Å². The topological polar surface area (TPSA) is 266 Å². The Morgan fingerprint density at radius 3 is 2.15 bits per heavy atom. The van der Waals surface area contributed by atoms with Crippen LogP contribution in [-0.4, -0.2) is 125 Å². The molecule has 0 aliphatic carbocycles. The largest absolute Gasteiger partial charge is 0.508 e. The van der Waals surface area contributed by atoms with E-state index >= 15 is 0 Å². The molecule has 16 heteroatoms. The number of Topliss-reactive ketones (excluding diaryl/α,β-unsaturated/α-hetero) is 1. The fraction of sp³-hybridized carbons (Fsp3) is 0.500. The van der Waals surface area contributed by atoms with Gasteiger partial charge in [-0.15, -0.1) is 0 Å². The molecule has 16 nitrogen and oxygen atoms in total. The SMILES string of the molecule is CC(=O)C[C@]1(c2ccc(O)c(O)c2)Oc2cc(O)cc(O)c2C=C1O[C@H]1O[C@@H](CO[C@H]2O[C@H](C)[C@@H](O)[C@H](O)[C@@H]2O)[C@H](O)[C@@H](O)[C@@H]1O. The smallest absolute Gasteiger partial charge is 0.228 e. The van der Waals surface area contributed by atoms with Crippen molar-refractivity contribution in [3.05, 3.63) is 47.2 Å². The summed E-state index contributed by atoms with van der Waals surface area (Å²) in [5.74, 6) is -2.77. The minimum absolute atomic E-state index is 0.0148. The summed E-state index contributed by atoms with van der Waals surface area (Å²) in [5, 5.41) is 104. The van der Waals surface area contributed by atoms with Crippen molar-refractivity contribution in [2.24, 2.45) is 0 Å². The van der Waals surface area contributed by atoms with Gasteiger partial charge in [0.05, 0.1) is 24.7 Å². The predicted molar refractivity (Wildman–Crippen MR) is 151 cm³/mol. The van der Waals surface area contributed by atoms with Crippen LogP contribution >= 0.6 is 0 Å². The number of phenolic OH excluding ortho intramolecular Hbond substituents is 4. The van der Waals surface area contributed by atoms with Crippen LogP contribution in [0.5, 0.6) is 28.7 Å². The molecule has 0 unspecified atom stereocenters. The molecule has 11 atom stereocenters. The van der Waals surface area contributed by atoms with Gasteiger partial charge in [0.15, 0.2) is 23.4 Å². The second-order valence-corrected chi connectivity index (χ2v) is 11.5. The monoisotopic (exact) mass is 652 g/mol. The molecular formula is C30H36O16. The Balaban J connectivity index is 1.50. The maximum Gasteiger partial charge on any atom is 0.228 e. The Kier molecular flexibility index (Phi) is 9.38. The van der Waals surface area contributed by atoms with Gasteiger partial charge in [-0.05, 0) is 32.1 Å². The van der Waals surface area contributed by atoms with Crippen LogP contribution in [0.1, 0.15) is 31.4 Å². The van der Waals surface area contributed by atoms with Gasteiger partial charge in [0.2, 0.25) is 6.29 Å². The lowest BCUT2D eigenvalue weighted by atomic mass is 9.83. The maximum absolute atomic E-state index is 12.7. The molecule has 2 saturated heterocycles. The van der Waals surface area contributed by atoms with Crippen molar-refractivity contribution in [2.75, 3.05) is 6.61 Å². The summed E-state index contributed by atoms with van der Waals surface area (Å²) < 4.78 is 28.9. The molecule has 2 aromatic rings. The first kappa shape index (κ1) is 33.6. The van der Waals surface area contributed by atoms with Gasteiger partial charge in [0.1, 0.15) is 71.5 Å². The van der Waals surface area contributed by atoms with Crippen LogP contribution in [0.3, 0.4) is 0 Å². The molecule has 252 valence electrons. The van der Waals surface area contributed by atoms with Crippen molar-refractivity contribution in [3.63, 3.8) is 0 Å². The van der Waals surface area contributed by atoms with Gasteiger partial charge in [-0.1, -0.05) is 6.07 Å². The van der Waals surface area contributed by atoms with E-state index in [1.807, 2.05) is 0 Å². The third-order valence-corrected chi connectivity index (χ3v) is 8.15. The third kappa shape index (κ3) is 6.18. The Labute approximate surface area is 261 Å². The highest BCUT2D eigenvalue weighted by atomic mass is 16.7. The van der Waals surface area contributed by atoms with Crippen molar-refractivity contribution >= 4 is 11.9 Å². The zero-order valence-corrected chi connectivity index (χ0v) is 24.6. The predicted octanol–water partition coefficient (Wildman–Crippen LogP) is -1.21. The Morgan fingerprint density at radius 1 is 0.804 bits per heavy atom. The van der Waals surface area contributed by atoms with E-state index in [1.165, 1.54) is 26.0 Å². The number of aromatic hydroxyl groups is 4. The Morgan fingerprint density at radius 2 is 1.48 bits per heavy atom. The van der Waals surface area contributed by atoms with E-state index in [-0.39, 0.29) is 28.4 Å². The summed E-state index contributed by atoms with van der Waals surface area (Å²) in [7, 11) is 0. The van der Waals surface area contributed by atoms with E-state index in [4.69, 9.17) is 23.7 Å². The number of rotatable bonds is 8. The number of ether oxygens (including phenoxy) is 5.